The molecule has 0 saturated carbocycles. The highest BCUT2D eigenvalue weighted by Crippen LogP contribution is 2.30. The van der Waals surface area contributed by atoms with Crippen molar-refractivity contribution in [1.29, 1.82) is 0 Å². The maximum atomic E-state index is 12.5. The summed E-state index contributed by atoms with van der Waals surface area (Å²) in [6.07, 6.45) is 0.859. The summed E-state index contributed by atoms with van der Waals surface area (Å²) >= 11 is 1.48. The lowest BCUT2D eigenvalue weighted by Crippen LogP contribution is -2.02. The standard InChI is InChI=1S/C15H16O3S/c1-4-10-7-8-19-15(10)14(16)11-5-6-12(17-2)13(9-11)18-3/h5-9H,4H2,1-3H3. The van der Waals surface area contributed by atoms with Crippen LogP contribution >= 0.6 is 11.3 Å². The highest BCUT2D eigenvalue weighted by molar-refractivity contribution is 7.12. The number of hydrogen-bond donors (Lipinski definition) is 0. The van der Waals surface area contributed by atoms with Gasteiger partial charge in [0.05, 0.1) is 19.1 Å². The molecule has 0 bridgehead atoms. The quantitative estimate of drug-likeness (QED) is 0.783. The van der Waals surface area contributed by atoms with Crippen molar-refractivity contribution < 1.29 is 14.3 Å². The number of benzene rings is 1. The van der Waals surface area contributed by atoms with E-state index < -0.39 is 0 Å². The van der Waals surface area contributed by atoms with Crippen LogP contribution in [0.2, 0.25) is 0 Å². The number of aryl methyl sites for hydroxylation is 1. The van der Waals surface area contributed by atoms with Crippen molar-refractivity contribution in [3.8, 4) is 11.5 Å². The summed E-state index contributed by atoms with van der Waals surface area (Å²) in [5.74, 6) is 1.23. The second kappa shape index (κ2) is 5.89. The number of hydrogen-bond acceptors (Lipinski definition) is 4. The van der Waals surface area contributed by atoms with Crippen molar-refractivity contribution in [2.24, 2.45) is 0 Å². The van der Waals surface area contributed by atoms with Gasteiger partial charge >= 0.3 is 0 Å². The van der Waals surface area contributed by atoms with E-state index >= 15 is 0 Å². The molecular formula is C15H16O3S. The molecule has 0 saturated heterocycles. The summed E-state index contributed by atoms with van der Waals surface area (Å²) in [5.41, 5.74) is 1.71. The van der Waals surface area contributed by atoms with Crippen LogP contribution in [0.25, 0.3) is 0 Å². The second-order valence-corrected chi connectivity index (χ2v) is 4.94. The molecule has 0 N–H and O–H groups in total. The average Bonchev–Trinajstić information content (AvgIpc) is 2.94. The normalized spacial score (nSPS) is 10.3. The van der Waals surface area contributed by atoms with Crippen LogP contribution in [0.4, 0.5) is 0 Å². The first kappa shape index (κ1) is 13.6. The Morgan fingerprint density at radius 1 is 1.16 bits per heavy atom. The molecule has 0 aliphatic heterocycles. The van der Waals surface area contributed by atoms with Crippen molar-refractivity contribution in [2.45, 2.75) is 13.3 Å². The summed E-state index contributed by atoms with van der Waals surface area (Å²) in [5, 5.41) is 1.95. The summed E-state index contributed by atoms with van der Waals surface area (Å²) in [4.78, 5) is 13.3. The van der Waals surface area contributed by atoms with Crippen LogP contribution in [-0.4, -0.2) is 20.0 Å². The van der Waals surface area contributed by atoms with Gasteiger partial charge in [0.25, 0.3) is 0 Å². The van der Waals surface area contributed by atoms with Crippen LogP contribution in [0.5, 0.6) is 11.5 Å². The van der Waals surface area contributed by atoms with Crippen LogP contribution in [0.1, 0.15) is 27.7 Å². The Balaban J connectivity index is 2.39. The Morgan fingerprint density at radius 3 is 2.53 bits per heavy atom. The van der Waals surface area contributed by atoms with Crippen LogP contribution in [0, 0.1) is 0 Å². The molecule has 0 amide bonds. The highest BCUT2D eigenvalue weighted by atomic mass is 32.1. The van der Waals surface area contributed by atoms with Gasteiger partial charge in [-0.05, 0) is 41.6 Å². The summed E-state index contributed by atoms with van der Waals surface area (Å²) in [6, 6.07) is 7.24. The molecular weight excluding hydrogens is 260 g/mol. The van der Waals surface area contributed by atoms with E-state index in [4.69, 9.17) is 9.47 Å². The van der Waals surface area contributed by atoms with E-state index in [1.54, 1.807) is 32.4 Å². The van der Waals surface area contributed by atoms with Gasteiger partial charge < -0.3 is 9.47 Å². The number of carbonyl (C=O) groups excluding carboxylic acids is 1. The molecule has 4 heteroatoms. The maximum absolute atomic E-state index is 12.5. The fourth-order valence-corrected chi connectivity index (χ4v) is 2.88. The lowest BCUT2D eigenvalue weighted by atomic mass is 10.1. The van der Waals surface area contributed by atoms with Crippen LogP contribution in [0.3, 0.4) is 0 Å². The Hall–Kier alpha value is -1.81. The van der Waals surface area contributed by atoms with Crippen LogP contribution in [0.15, 0.2) is 29.6 Å². The van der Waals surface area contributed by atoms with Crippen molar-refractivity contribution in [3.63, 3.8) is 0 Å². The largest absolute Gasteiger partial charge is 0.493 e. The monoisotopic (exact) mass is 276 g/mol. The third kappa shape index (κ3) is 2.63. The van der Waals surface area contributed by atoms with E-state index in [1.165, 1.54) is 11.3 Å². The number of thiophene rings is 1. The molecule has 2 rings (SSSR count). The molecule has 2 aromatic rings. The Kier molecular flexibility index (Phi) is 4.22. The topological polar surface area (TPSA) is 35.5 Å². The van der Waals surface area contributed by atoms with Gasteiger partial charge in [0.15, 0.2) is 11.5 Å². The lowest BCUT2D eigenvalue weighted by Gasteiger charge is -2.09. The zero-order valence-electron chi connectivity index (χ0n) is 11.2. The van der Waals surface area contributed by atoms with Gasteiger partial charge in [-0.2, -0.15) is 0 Å². The Morgan fingerprint density at radius 2 is 1.89 bits per heavy atom. The van der Waals surface area contributed by atoms with Crippen molar-refractivity contribution in [2.75, 3.05) is 14.2 Å². The number of ketones is 1. The van der Waals surface area contributed by atoms with E-state index in [9.17, 15) is 4.79 Å². The minimum atomic E-state index is 0.0350. The minimum Gasteiger partial charge on any atom is -0.493 e. The molecule has 0 spiro atoms. The molecule has 0 aliphatic carbocycles. The zero-order chi connectivity index (χ0) is 13.8. The van der Waals surface area contributed by atoms with Crippen molar-refractivity contribution >= 4 is 17.1 Å². The fraction of sp³-hybridized carbons (Fsp3) is 0.267. The molecule has 0 unspecified atom stereocenters. The smallest absolute Gasteiger partial charge is 0.203 e. The second-order valence-electron chi connectivity index (χ2n) is 4.03. The van der Waals surface area contributed by atoms with E-state index in [0.717, 1.165) is 16.9 Å². The van der Waals surface area contributed by atoms with E-state index in [0.29, 0.717) is 17.1 Å². The number of methoxy groups -OCH3 is 2. The summed E-state index contributed by atoms with van der Waals surface area (Å²) < 4.78 is 10.4. The average molecular weight is 276 g/mol. The van der Waals surface area contributed by atoms with E-state index in [1.807, 2.05) is 18.4 Å². The van der Waals surface area contributed by atoms with Gasteiger partial charge in [-0.15, -0.1) is 11.3 Å². The first-order valence-electron chi connectivity index (χ1n) is 6.04. The predicted octanol–water partition coefficient (Wildman–Crippen LogP) is 3.56. The first-order valence-corrected chi connectivity index (χ1v) is 6.92. The van der Waals surface area contributed by atoms with E-state index in [2.05, 4.69) is 0 Å². The third-order valence-corrected chi connectivity index (χ3v) is 3.94. The molecule has 100 valence electrons. The van der Waals surface area contributed by atoms with Gasteiger partial charge in [0.2, 0.25) is 5.78 Å². The van der Waals surface area contributed by atoms with Gasteiger partial charge in [-0.25, -0.2) is 0 Å². The van der Waals surface area contributed by atoms with E-state index in [-0.39, 0.29) is 5.78 Å². The van der Waals surface area contributed by atoms with Gasteiger partial charge in [-0.1, -0.05) is 6.92 Å². The van der Waals surface area contributed by atoms with Crippen molar-refractivity contribution in [1.82, 2.24) is 0 Å². The molecule has 0 radical (unpaired) electrons. The Bertz CT molecular complexity index is 587. The molecule has 0 atom stereocenters. The first-order chi connectivity index (χ1) is 9.21. The van der Waals surface area contributed by atoms with Crippen LogP contribution in [-0.2, 0) is 6.42 Å². The molecule has 1 aromatic heterocycles. The number of rotatable bonds is 5. The molecule has 1 aromatic carbocycles. The van der Waals surface area contributed by atoms with Crippen molar-refractivity contribution in [3.05, 3.63) is 45.6 Å². The molecule has 3 nitrogen and oxygen atoms in total. The predicted molar refractivity (Wildman–Crippen MR) is 76.7 cm³/mol. The highest BCUT2D eigenvalue weighted by Gasteiger charge is 2.16. The minimum absolute atomic E-state index is 0.0350. The summed E-state index contributed by atoms with van der Waals surface area (Å²) in [7, 11) is 3.14. The molecule has 0 aliphatic rings. The number of ether oxygens (including phenoxy) is 2. The fourth-order valence-electron chi connectivity index (χ4n) is 1.92. The zero-order valence-corrected chi connectivity index (χ0v) is 12.0. The molecule has 0 fully saturated rings. The SMILES string of the molecule is CCc1ccsc1C(=O)c1ccc(OC)c(OC)c1. The van der Waals surface area contributed by atoms with Gasteiger partial charge in [-0.3, -0.25) is 4.79 Å². The molecule has 19 heavy (non-hydrogen) atoms. The van der Waals surface area contributed by atoms with Crippen LogP contribution < -0.4 is 9.47 Å². The third-order valence-electron chi connectivity index (χ3n) is 2.98. The van der Waals surface area contributed by atoms with Gasteiger partial charge in [0, 0.05) is 5.56 Å². The molecule has 1 heterocycles. The summed E-state index contributed by atoms with van der Waals surface area (Å²) in [6.45, 7) is 2.05. The number of carbonyl (C=O) groups is 1. The maximum Gasteiger partial charge on any atom is 0.203 e. The Labute approximate surface area is 116 Å². The lowest BCUT2D eigenvalue weighted by molar-refractivity contribution is 0.104. The van der Waals surface area contributed by atoms with Gasteiger partial charge in [0.1, 0.15) is 0 Å².